The molecule has 0 unspecified atom stereocenters. The van der Waals surface area contributed by atoms with E-state index in [0.29, 0.717) is 36.6 Å². The Kier molecular flexibility index (Phi) is 8.66. The second-order valence-corrected chi connectivity index (χ2v) is 11.1. The number of methoxy groups -OCH3 is 1. The van der Waals surface area contributed by atoms with Crippen molar-refractivity contribution in [1.29, 1.82) is 0 Å². The number of anilines is 1. The fraction of sp³-hybridized carbons (Fsp3) is 0.406. The number of morpholine rings is 1. The van der Waals surface area contributed by atoms with Gasteiger partial charge in [-0.2, -0.15) is 0 Å². The van der Waals surface area contributed by atoms with Crippen LogP contribution in [0.25, 0.3) is 11.1 Å². The maximum Gasteiger partial charge on any atom is 0.328 e. The van der Waals surface area contributed by atoms with Crippen LogP contribution in [0.1, 0.15) is 45.2 Å². The van der Waals surface area contributed by atoms with Gasteiger partial charge in [0.1, 0.15) is 23.2 Å². The van der Waals surface area contributed by atoms with Gasteiger partial charge >= 0.3 is 5.97 Å². The van der Waals surface area contributed by atoms with Gasteiger partial charge in [-0.05, 0) is 66.8 Å². The van der Waals surface area contributed by atoms with Crippen LogP contribution >= 0.6 is 0 Å². The molecule has 0 aliphatic carbocycles. The van der Waals surface area contributed by atoms with Crippen molar-refractivity contribution in [3.05, 3.63) is 85.8 Å². The molecule has 9 nitrogen and oxygen atoms in total. The molecule has 1 saturated heterocycles. The van der Waals surface area contributed by atoms with E-state index in [1.165, 1.54) is 7.11 Å². The summed E-state index contributed by atoms with van der Waals surface area (Å²) in [6.07, 6.45) is -0.0120. The number of rotatable bonds is 7. The molecule has 5 rings (SSSR count). The monoisotopic (exact) mass is 595 g/mol. The van der Waals surface area contributed by atoms with Crippen molar-refractivity contribution >= 4 is 17.6 Å². The average Bonchev–Trinajstić information content (AvgIpc) is 3.47. The van der Waals surface area contributed by atoms with Crippen molar-refractivity contribution in [2.45, 2.75) is 52.5 Å². The van der Waals surface area contributed by atoms with Crippen molar-refractivity contribution in [3.63, 3.8) is 0 Å². The lowest BCUT2D eigenvalue weighted by atomic mass is 9.90. The number of ether oxygens (including phenoxy) is 3. The molecule has 0 bridgehead atoms. The van der Waals surface area contributed by atoms with Crippen LogP contribution in [0.2, 0.25) is 0 Å². The Morgan fingerprint density at radius 3 is 2.47 bits per heavy atom. The van der Waals surface area contributed by atoms with Gasteiger partial charge in [-0.1, -0.05) is 12.1 Å². The molecule has 0 saturated carbocycles. The number of aryl methyl sites for hydroxylation is 2. The molecule has 0 radical (unpaired) electrons. The van der Waals surface area contributed by atoms with Crippen molar-refractivity contribution < 1.29 is 32.6 Å². The predicted octanol–water partition coefficient (Wildman–Crippen LogP) is 3.72. The van der Waals surface area contributed by atoms with E-state index in [0.717, 1.165) is 40.1 Å². The topological polar surface area (TPSA) is 99.1 Å². The number of hydrogen-bond acceptors (Lipinski definition) is 7. The van der Waals surface area contributed by atoms with Crippen LogP contribution in [-0.2, 0) is 45.7 Å². The molecule has 1 aromatic heterocycles. The number of nitrogens with one attached hydrogen (secondary N) is 1. The van der Waals surface area contributed by atoms with Crippen LogP contribution in [0.3, 0.4) is 0 Å². The SMILES string of the molecule is COC(=O)[C@H](Cc1ccc(-c2c(C)cc(C)n(C)c2=O)c2c1COC2)NC(=O)c1c(F)cc(N2CCOC[C@@H]2C)cc1F. The molecule has 2 atom stereocenters. The van der Waals surface area contributed by atoms with Crippen LogP contribution in [-0.4, -0.2) is 55.4 Å². The first-order valence-electron chi connectivity index (χ1n) is 14.1. The summed E-state index contributed by atoms with van der Waals surface area (Å²) in [5, 5.41) is 2.47. The second-order valence-electron chi connectivity index (χ2n) is 11.1. The van der Waals surface area contributed by atoms with Gasteiger partial charge in [0.05, 0.1) is 39.1 Å². The molecule has 2 aromatic carbocycles. The molecule has 1 amide bonds. The van der Waals surface area contributed by atoms with E-state index in [9.17, 15) is 14.4 Å². The predicted molar refractivity (Wildman–Crippen MR) is 156 cm³/mol. The Bertz CT molecular complexity index is 1630. The Labute approximate surface area is 248 Å². The first kappa shape index (κ1) is 30.4. The first-order chi connectivity index (χ1) is 20.5. The Morgan fingerprint density at radius 1 is 1.09 bits per heavy atom. The largest absolute Gasteiger partial charge is 0.467 e. The maximum absolute atomic E-state index is 15.2. The minimum absolute atomic E-state index is 0.0120. The Morgan fingerprint density at radius 2 is 1.79 bits per heavy atom. The van der Waals surface area contributed by atoms with Crippen molar-refractivity contribution in [2.75, 3.05) is 31.8 Å². The second kappa shape index (κ2) is 12.3. The Hall–Kier alpha value is -4.09. The smallest absolute Gasteiger partial charge is 0.328 e. The molecule has 2 aliphatic heterocycles. The van der Waals surface area contributed by atoms with E-state index >= 15 is 8.78 Å². The number of pyridine rings is 1. The molecule has 11 heteroatoms. The molecular formula is C32H35F2N3O6. The molecule has 0 spiro atoms. The van der Waals surface area contributed by atoms with E-state index in [4.69, 9.17) is 14.2 Å². The van der Waals surface area contributed by atoms with Gasteiger partial charge < -0.3 is 29.0 Å². The molecule has 3 heterocycles. The van der Waals surface area contributed by atoms with Gasteiger partial charge in [-0.3, -0.25) is 9.59 Å². The lowest BCUT2D eigenvalue weighted by molar-refractivity contribution is -0.142. The number of aromatic nitrogens is 1. The maximum atomic E-state index is 15.2. The van der Waals surface area contributed by atoms with E-state index in [2.05, 4.69) is 5.32 Å². The summed E-state index contributed by atoms with van der Waals surface area (Å²) in [5.74, 6) is -3.92. The number of fused-ring (bicyclic) bond motifs is 1. The highest BCUT2D eigenvalue weighted by Gasteiger charge is 2.30. The molecular weight excluding hydrogens is 560 g/mol. The minimum atomic E-state index is -1.24. The van der Waals surface area contributed by atoms with Gasteiger partial charge in [0.15, 0.2) is 0 Å². The summed E-state index contributed by atoms with van der Waals surface area (Å²) in [6.45, 7) is 7.46. The lowest BCUT2D eigenvalue weighted by Crippen LogP contribution is -2.44. The summed E-state index contributed by atoms with van der Waals surface area (Å²) in [7, 11) is 2.89. The lowest BCUT2D eigenvalue weighted by Gasteiger charge is -2.35. The normalized spacial score (nSPS) is 17.0. The van der Waals surface area contributed by atoms with Crippen LogP contribution in [0, 0.1) is 25.5 Å². The van der Waals surface area contributed by atoms with E-state index in [1.807, 2.05) is 37.8 Å². The van der Waals surface area contributed by atoms with Gasteiger partial charge in [-0.25, -0.2) is 13.6 Å². The van der Waals surface area contributed by atoms with Crippen LogP contribution < -0.4 is 15.8 Å². The molecule has 3 aromatic rings. The number of carbonyl (C=O) groups is 2. The number of nitrogens with zero attached hydrogens (tertiary/aromatic N) is 2. The highest BCUT2D eigenvalue weighted by molar-refractivity contribution is 5.97. The summed E-state index contributed by atoms with van der Waals surface area (Å²) in [4.78, 5) is 40.9. The molecule has 43 heavy (non-hydrogen) atoms. The number of benzene rings is 2. The van der Waals surface area contributed by atoms with Gasteiger partial charge in [-0.15, -0.1) is 0 Å². The first-order valence-corrected chi connectivity index (χ1v) is 14.1. The number of halogens is 2. The number of carbonyl (C=O) groups excluding carboxylic acids is 2. The summed E-state index contributed by atoms with van der Waals surface area (Å²) >= 11 is 0. The van der Waals surface area contributed by atoms with E-state index in [-0.39, 0.29) is 31.2 Å². The standard InChI is InChI=1S/C32H35F2N3O6/c1-17-10-18(2)36(4)31(39)28(17)22-7-6-20(23-15-43-16-24(22)23)11-27(32(40)41-5)35-30(38)29-25(33)12-21(13-26(29)34)37-8-9-42-14-19(37)3/h6-7,10,12-13,19,27H,8-9,11,14-16H2,1-5H3,(H,35,38)/t19-,27-/m0/s1. The van der Waals surface area contributed by atoms with Gasteiger partial charge in [0, 0.05) is 37.4 Å². The van der Waals surface area contributed by atoms with Crippen molar-refractivity contribution in [2.24, 2.45) is 7.05 Å². The fourth-order valence-corrected chi connectivity index (χ4v) is 5.91. The third-order valence-corrected chi connectivity index (χ3v) is 8.33. The van der Waals surface area contributed by atoms with Crippen LogP contribution in [0.5, 0.6) is 0 Å². The zero-order valence-electron chi connectivity index (χ0n) is 24.9. The number of amides is 1. The summed E-state index contributed by atoms with van der Waals surface area (Å²) in [5.41, 5.74) is 4.68. The fourth-order valence-electron chi connectivity index (χ4n) is 5.91. The van der Waals surface area contributed by atoms with Gasteiger partial charge in [0.2, 0.25) is 0 Å². The van der Waals surface area contributed by atoms with Gasteiger partial charge in [0.25, 0.3) is 11.5 Å². The summed E-state index contributed by atoms with van der Waals surface area (Å²) < 4.78 is 48.0. The quantitative estimate of drug-likeness (QED) is 0.416. The highest BCUT2D eigenvalue weighted by Crippen LogP contribution is 2.34. The zero-order valence-corrected chi connectivity index (χ0v) is 24.9. The number of esters is 1. The van der Waals surface area contributed by atoms with Crippen LogP contribution in [0.4, 0.5) is 14.5 Å². The van der Waals surface area contributed by atoms with Crippen LogP contribution in [0.15, 0.2) is 35.1 Å². The third kappa shape index (κ3) is 5.79. The summed E-state index contributed by atoms with van der Waals surface area (Å²) in [6, 6.07) is 6.44. The molecule has 228 valence electrons. The zero-order chi connectivity index (χ0) is 31.0. The average molecular weight is 596 g/mol. The number of hydrogen-bond donors (Lipinski definition) is 1. The molecule has 2 aliphatic rings. The highest BCUT2D eigenvalue weighted by atomic mass is 19.1. The van der Waals surface area contributed by atoms with Crippen molar-refractivity contribution in [1.82, 2.24) is 9.88 Å². The van der Waals surface area contributed by atoms with Crippen molar-refractivity contribution in [3.8, 4) is 11.1 Å². The third-order valence-electron chi connectivity index (χ3n) is 8.33. The van der Waals surface area contributed by atoms with E-state index < -0.39 is 35.1 Å². The molecule has 1 N–H and O–H groups in total. The minimum Gasteiger partial charge on any atom is -0.467 e. The Balaban J connectivity index is 1.44. The molecule has 1 fully saturated rings. The van der Waals surface area contributed by atoms with E-state index in [1.54, 1.807) is 17.7 Å².